The smallest absolute Gasteiger partial charge is 0.241 e. The van der Waals surface area contributed by atoms with Gasteiger partial charge < -0.3 is 20.1 Å². The van der Waals surface area contributed by atoms with E-state index in [9.17, 15) is 9.59 Å². The van der Waals surface area contributed by atoms with Gasteiger partial charge in [0.05, 0.1) is 13.7 Å². The Labute approximate surface area is 136 Å². The van der Waals surface area contributed by atoms with Crippen LogP contribution in [0, 0.1) is 5.92 Å². The molecule has 0 aliphatic carbocycles. The van der Waals surface area contributed by atoms with E-state index in [4.69, 9.17) is 15.2 Å². The third-order valence-corrected chi connectivity index (χ3v) is 4.22. The molecular formula is C17H24N2O4. The number of hydrogen-bond acceptors (Lipinski definition) is 5. The van der Waals surface area contributed by atoms with Gasteiger partial charge in [-0.2, -0.15) is 0 Å². The van der Waals surface area contributed by atoms with Gasteiger partial charge in [0, 0.05) is 31.7 Å². The topological polar surface area (TPSA) is 81.9 Å². The molecule has 23 heavy (non-hydrogen) atoms. The Morgan fingerprint density at radius 1 is 1.22 bits per heavy atom. The minimum absolute atomic E-state index is 0.0499. The first-order valence-corrected chi connectivity index (χ1v) is 7.78. The number of likely N-dealkylation sites (tertiary alicyclic amines) is 1. The maximum atomic E-state index is 12.5. The SMILES string of the molecule is COCC(N)C(=O)N1CCC(C(=O)c2ccc(OC)cc2)CC1. The average molecular weight is 320 g/mol. The van der Waals surface area contributed by atoms with Crippen molar-refractivity contribution in [2.45, 2.75) is 18.9 Å². The van der Waals surface area contributed by atoms with Crippen LogP contribution >= 0.6 is 0 Å². The van der Waals surface area contributed by atoms with E-state index in [2.05, 4.69) is 0 Å². The van der Waals surface area contributed by atoms with Crippen molar-refractivity contribution >= 4 is 11.7 Å². The van der Waals surface area contributed by atoms with Crippen LogP contribution in [0.3, 0.4) is 0 Å². The minimum Gasteiger partial charge on any atom is -0.497 e. The second-order valence-corrected chi connectivity index (χ2v) is 5.75. The van der Waals surface area contributed by atoms with E-state index in [1.165, 1.54) is 7.11 Å². The first kappa shape index (κ1) is 17.4. The summed E-state index contributed by atoms with van der Waals surface area (Å²) < 4.78 is 10.0. The maximum Gasteiger partial charge on any atom is 0.241 e. The van der Waals surface area contributed by atoms with Gasteiger partial charge in [0.15, 0.2) is 5.78 Å². The Morgan fingerprint density at radius 2 is 1.83 bits per heavy atom. The predicted octanol–water partition coefficient (Wildman–Crippen LogP) is 1.09. The summed E-state index contributed by atoms with van der Waals surface area (Å²) in [5.74, 6) is 0.698. The van der Waals surface area contributed by atoms with Crippen molar-refractivity contribution in [3.8, 4) is 5.75 Å². The van der Waals surface area contributed by atoms with E-state index in [1.54, 1.807) is 36.3 Å². The lowest BCUT2D eigenvalue weighted by atomic mass is 9.88. The molecule has 0 bridgehead atoms. The molecule has 126 valence electrons. The van der Waals surface area contributed by atoms with E-state index in [1.807, 2.05) is 0 Å². The van der Waals surface area contributed by atoms with E-state index < -0.39 is 6.04 Å². The molecular weight excluding hydrogens is 296 g/mol. The van der Waals surface area contributed by atoms with Crippen LogP contribution in [-0.4, -0.2) is 56.5 Å². The second-order valence-electron chi connectivity index (χ2n) is 5.75. The van der Waals surface area contributed by atoms with Crippen LogP contribution in [0.2, 0.25) is 0 Å². The lowest BCUT2D eigenvalue weighted by Crippen LogP contribution is -2.49. The second kappa shape index (κ2) is 8.08. The molecule has 0 spiro atoms. The molecule has 0 saturated carbocycles. The number of piperidine rings is 1. The Balaban J connectivity index is 1.90. The number of ketones is 1. The average Bonchev–Trinajstić information content (AvgIpc) is 2.61. The molecule has 1 fully saturated rings. The summed E-state index contributed by atoms with van der Waals surface area (Å²) in [5, 5.41) is 0. The molecule has 2 N–H and O–H groups in total. The first-order valence-electron chi connectivity index (χ1n) is 7.78. The molecule has 1 saturated heterocycles. The van der Waals surface area contributed by atoms with Gasteiger partial charge in [-0.3, -0.25) is 9.59 Å². The number of carbonyl (C=O) groups excluding carboxylic acids is 2. The van der Waals surface area contributed by atoms with Crippen LogP contribution in [-0.2, 0) is 9.53 Å². The third kappa shape index (κ3) is 4.30. The van der Waals surface area contributed by atoms with Crippen LogP contribution < -0.4 is 10.5 Å². The first-order chi connectivity index (χ1) is 11.1. The molecule has 1 aliphatic heterocycles. The summed E-state index contributed by atoms with van der Waals surface area (Å²) in [5.41, 5.74) is 6.46. The number of carbonyl (C=O) groups is 2. The standard InChI is InChI=1S/C17H24N2O4/c1-22-11-15(18)17(21)19-9-7-13(8-10-19)16(20)12-3-5-14(23-2)6-4-12/h3-6,13,15H,7-11,18H2,1-2H3. The molecule has 6 nitrogen and oxygen atoms in total. The van der Waals surface area contributed by atoms with Crippen molar-refractivity contribution < 1.29 is 19.1 Å². The summed E-state index contributed by atoms with van der Waals surface area (Å²) in [6.07, 6.45) is 1.33. The van der Waals surface area contributed by atoms with Crippen LogP contribution in [0.5, 0.6) is 5.75 Å². The maximum absolute atomic E-state index is 12.5. The highest BCUT2D eigenvalue weighted by molar-refractivity contribution is 5.98. The zero-order valence-corrected chi connectivity index (χ0v) is 13.7. The molecule has 1 amide bonds. The number of amides is 1. The fourth-order valence-corrected chi connectivity index (χ4v) is 2.84. The third-order valence-electron chi connectivity index (χ3n) is 4.22. The van der Waals surface area contributed by atoms with Gasteiger partial charge in [-0.1, -0.05) is 0 Å². The highest BCUT2D eigenvalue weighted by atomic mass is 16.5. The fraction of sp³-hybridized carbons (Fsp3) is 0.529. The highest BCUT2D eigenvalue weighted by Gasteiger charge is 2.29. The summed E-state index contributed by atoms with van der Waals surface area (Å²) in [4.78, 5) is 26.4. The van der Waals surface area contributed by atoms with Crippen LogP contribution in [0.1, 0.15) is 23.2 Å². The van der Waals surface area contributed by atoms with Gasteiger partial charge in [0.1, 0.15) is 11.8 Å². The molecule has 1 aromatic carbocycles. The largest absolute Gasteiger partial charge is 0.497 e. The van der Waals surface area contributed by atoms with Crippen LogP contribution in [0.4, 0.5) is 0 Å². The Morgan fingerprint density at radius 3 is 2.35 bits per heavy atom. The van der Waals surface area contributed by atoms with Gasteiger partial charge in [-0.15, -0.1) is 0 Å². The summed E-state index contributed by atoms with van der Waals surface area (Å²) in [7, 11) is 3.12. The predicted molar refractivity (Wildman–Crippen MR) is 86.5 cm³/mol. The number of Topliss-reactive ketones (excluding diaryl/α,β-unsaturated/α-hetero) is 1. The fourth-order valence-electron chi connectivity index (χ4n) is 2.84. The van der Waals surface area contributed by atoms with Gasteiger partial charge in [-0.25, -0.2) is 0 Å². The molecule has 1 unspecified atom stereocenters. The van der Waals surface area contributed by atoms with Gasteiger partial charge in [0.2, 0.25) is 5.91 Å². The molecule has 0 radical (unpaired) electrons. The van der Waals surface area contributed by atoms with Crippen LogP contribution in [0.15, 0.2) is 24.3 Å². The molecule has 2 rings (SSSR count). The number of benzene rings is 1. The Hall–Kier alpha value is -1.92. The summed E-state index contributed by atoms with van der Waals surface area (Å²) in [6, 6.07) is 6.51. The van der Waals surface area contributed by atoms with E-state index in [0.29, 0.717) is 31.5 Å². The van der Waals surface area contributed by atoms with E-state index in [0.717, 1.165) is 5.75 Å². The van der Waals surface area contributed by atoms with E-state index in [-0.39, 0.29) is 24.2 Å². The van der Waals surface area contributed by atoms with Crippen molar-refractivity contribution in [2.75, 3.05) is 33.9 Å². The Bertz CT molecular complexity index is 536. The lowest BCUT2D eigenvalue weighted by Gasteiger charge is -2.32. The molecule has 0 aromatic heterocycles. The number of nitrogens with zero attached hydrogens (tertiary/aromatic N) is 1. The molecule has 1 aliphatic rings. The van der Waals surface area contributed by atoms with Crippen molar-refractivity contribution in [3.05, 3.63) is 29.8 Å². The van der Waals surface area contributed by atoms with Crippen molar-refractivity contribution in [3.63, 3.8) is 0 Å². The number of ether oxygens (including phenoxy) is 2. The molecule has 1 atom stereocenters. The number of rotatable bonds is 6. The number of nitrogens with two attached hydrogens (primary N) is 1. The molecule has 1 aromatic rings. The zero-order chi connectivity index (χ0) is 16.8. The molecule has 1 heterocycles. The van der Waals surface area contributed by atoms with Crippen molar-refractivity contribution in [1.29, 1.82) is 0 Å². The van der Waals surface area contributed by atoms with Gasteiger partial charge >= 0.3 is 0 Å². The van der Waals surface area contributed by atoms with Gasteiger partial charge in [-0.05, 0) is 37.1 Å². The highest BCUT2D eigenvalue weighted by Crippen LogP contribution is 2.23. The van der Waals surface area contributed by atoms with E-state index >= 15 is 0 Å². The monoisotopic (exact) mass is 320 g/mol. The Kier molecular flexibility index (Phi) is 6.12. The zero-order valence-electron chi connectivity index (χ0n) is 13.7. The van der Waals surface area contributed by atoms with Crippen LogP contribution in [0.25, 0.3) is 0 Å². The lowest BCUT2D eigenvalue weighted by molar-refractivity contribution is -0.135. The summed E-state index contributed by atoms with van der Waals surface area (Å²) >= 11 is 0. The normalized spacial score (nSPS) is 16.9. The quantitative estimate of drug-likeness (QED) is 0.794. The minimum atomic E-state index is -0.631. The summed E-state index contributed by atoms with van der Waals surface area (Å²) in [6.45, 7) is 1.33. The number of methoxy groups -OCH3 is 2. The van der Waals surface area contributed by atoms with Crippen molar-refractivity contribution in [2.24, 2.45) is 11.7 Å². The van der Waals surface area contributed by atoms with Gasteiger partial charge in [0.25, 0.3) is 0 Å². The molecule has 6 heteroatoms. The number of hydrogen-bond donors (Lipinski definition) is 1. The van der Waals surface area contributed by atoms with Crippen molar-refractivity contribution in [1.82, 2.24) is 4.90 Å².